The van der Waals surface area contributed by atoms with E-state index in [0.29, 0.717) is 10.8 Å². The number of nitrogens with one attached hydrogen (secondary N) is 1. The fourth-order valence-corrected chi connectivity index (χ4v) is 5.34. The highest BCUT2D eigenvalue weighted by molar-refractivity contribution is 7.91. The second-order valence-corrected chi connectivity index (χ2v) is 9.57. The molecule has 1 aromatic carbocycles. The fraction of sp³-hybridized carbons (Fsp3) is 0.444. The first-order valence-corrected chi connectivity index (χ1v) is 11.0. The third-order valence-electron chi connectivity index (χ3n) is 4.51. The Hall–Kier alpha value is -1.61. The van der Waals surface area contributed by atoms with Gasteiger partial charge in [0, 0.05) is 49.8 Å². The van der Waals surface area contributed by atoms with Crippen molar-refractivity contribution in [3.05, 3.63) is 41.3 Å². The predicted molar refractivity (Wildman–Crippen MR) is 106 cm³/mol. The summed E-state index contributed by atoms with van der Waals surface area (Å²) in [5.41, 5.74) is 1.19. The van der Waals surface area contributed by atoms with Crippen molar-refractivity contribution in [3.8, 4) is 5.75 Å². The van der Waals surface area contributed by atoms with Gasteiger partial charge in [-0.25, -0.2) is 13.1 Å². The molecule has 8 heteroatoms. The van der Waals surface area contributed by atoms with Crippen molar-refractivity contribution < 1.29 is 13.2 Å². The summed E-state index contributed by atoms with van der Waals surface area (Å²) in [4.78, 5) is 5.64. The minimum Gasteiger partial charge on any atom is -0.497 e. The minimum atomic E-state index is -3.38. The molecule has 1 N–H and O–H groups in total. The summed E-state index contributed by atoms with van der Waals surface area (Å²) in [5.74, 6) is 0.862. The Morgan fingerprint density at radius 3 is 2.35 bits per heavy atom. The number of nitrogens with zero attached hydrogens (tertiary/aromatic N) is 2. The van der Waals surface area contributed by atoms with Crippen molar-refractivity contribution >= 4 is 27.0 Å². The molecule has 0 spiro atoms. The van der Waals surface area contributed by atoms with Crippen LogP contribution in [0.25, 0.3) is 0 Å². The van der Waals surface area contributed by atoms with Gasteiger partial charge in [0.15, 0.2) is 0 Å². The van der Waals surface area contributed by atoms with Crippen LogP contribution in [0, 0.1) is 6.92 Å². The van der Waals surface area contributed by atoms with Crippen molar-refractivity contribution in [1.29, 1.82) is 0 Å². The Kier molecular flexibility index (Phi) is 6.18. The zero-order valence-corrected chi connectivity index (χ0v) is 16.8. The van der Waals surface area contributed by atoms with Crippen LogP contribution in [-0.2, 0) is 10.0 Å². The zero-order chi connectivity index (χ0) is 18.6. The van der Waals surface area contributed by atoms with E-state index >= 15 is 0 Å². The lowest BCUT2D eigenvalue weighted by molar-refractivity contribution is 0.262. The summed E-state index contributed by atoms with van der Waals surface area (Å²) in [6, 6.07) is 11.6. The van der Waals surface area contributed by atoms with Crippen LogP contribution in [0.5, 0.6) is 5.75 Å². The molecule has 6 nitrogen and oxygen atoms in total. The predicted octanol–water partition coefficient (Wildman–Crippen LogP) is 2.17. The van der Waals surface area contributed by atoms with Crippen LogP contribution in [-0.4, -0.2) is 59.7 Å². The normalized spacial score (nSPS) is 16.0. The van der Waals surface area contributed by atoms with Crippen LogP contribution in [0.2, 0.25) is 0 Å². The number of sulfonamides is 1. The molecule has 0 aliphatic carbocycles. The summed E-state index contributed by atoms with van der Waals surface area (Å²) in [6.45, 7) is 6.78. The molecule has 3 rings (SSSR count). The van der Waals surface area contributed by atoms with Crippen LogP contribution < -0.4 is 14.4 Å². The van der Waals surface area contributed by atoms with Gasteiger partial charge in [0.2, 0.25) is 10.0 Å². The molecule has 2 aromatic rings. The molecule has 0 amide bonds. The fourth-order valence-electron chi connectivity index (χ4n) is 2.99. The van der Waals surface area contributed by atoms with Crippen molar-refractivity contribution in [2.24, 2.45) is 0 Å². The van der Waals surface area contributed by atoms with E-state index in [4.69, 9.17) is 4.74 Å². The number of anilines is 1. The maximum absolute atomic E-state index is 12.2. The van der Waals surface area contributed by atoms with Gasteiger partial charge < -0.3 is 9.64 Å². The molecule has 1 aliphatic heterocycles. The third kappa shape index (κ3) is 4.76. The third-order valence-corrected chi connectivity index (χ3v) is 7.46. The second kappa shape index (κ2) is 8.39. The number of thiophene rings is 1. The number of piperazine rings is 1. The first-order valence-electron chi connectivity index (χ1n) is 8.65. The molecule has 0 radical (unpaired) electrons. The number of ether oxygens (including phenoxy) is 1. The quantitative estimate of drug-likeness (QED) is 0.779. The molecule has 1 aromatic heterocycles. The maximum Gasteiger partial charge on any atom is 0.250 e. The summed E-state index contributed by atoms with van der Waals surface area (Å²) in [5, 5.41) is 0. The molecule has 1 fully saturated rings. The highest BCUT2D eigenvalue weighted by Gasteiger charge is 2.19. The molecular formula is C18H25N3O3S2. The number of benzene rings is 1. The molecule has 142 valence electrons. The van der Waals surface area contributed by atoms with E-state index in [0.717, 1.165) is 43.4 Å². The zero-order valence-electron chi connectivity index (χ0n) is 15.1. The molecule has 0 saturated carbocycles. The van der Waals surface area contributed by atoms with Gasteiger partial charge in [-0.15, -0.1) is 11.3 Å². The molecule has 0 atom stereocenters. The van der Waals surface area contributed by atoms with Crippen molar-refractivity contribution in [1.82, 2.24) is 9.62 Å². The Morgan fingerprint density at radius 1 is 1.08 bits per heavy atom. The van der Waals surface area contributed by atoms with Gasteiger partial charge in [-0.1, -0.05) is 0 Å². The molecule has 1 saturated heterocycles. The smallest absolute Gasteiger partial charge is 0.250 e. The van der Waals surface area contributed by atoms with Gasteiger partial charge in [-0.2, -0.15) is 0 Å². The van der Waals surface area contributed by atoms with E-state index in [-0.39, 0.29) is 0 Å². The summed E-state index contributed by atoms with van der Waals surface area (Å²) >= 11 is 1.30. The van der Waals surface area contributed by atoms with Gasteiger partial charge >= 0.3 is 0 Å². The first kappa shape index (κ1) is 19.2. The molecule has 26 heavy (non-hydrogen) atoms. The SMILES string of the molecule is COc1ccc(N2CCN(CCNS(=O)(=O)c3ccc(C)s3)CC2)cc1. The monoisotopic (exact) mass is 395 g/mol. The summed E-state index contributed by atoms with van der Waals surface area (Å²) in [6.07, 6.45) is 0. The number of aryl methyl sites for hydroxylation is 1. The molecule has 1 aliphatic rings. The lowest BCUT2D eigenvalue weighted by Gasteiger charge is -2.36. The van der Waals surface area contributed by atoms with E-state index in [1.165, 1.54) is 17.0 Å². The Balaban J connectivity index is 1.44. The number of methoxy groups -OCH3 is 1. The molecule has 0 bridgehead atoms. The number of hydrogen-bond donors (Lipinski definition) is 1. The second-order valence-electron chi connectivity index (χ2n) is 6.29. The van der Waals surface area contributed by atoms with Gasteiger partial charge in [0.05, 0.1) is 7.11 Å². The van der Waals surface area contributed by atoms with Crippen molar-refractivity contribution in [2.45, 2.75) is 11.1 Å². The van der Waals surface area contributed by atoms with Crippen molar-refractivity contribution in [3.63, 3.8) is 0 Å². The molecular weight excluding hydrogens is 370 g/mol. The van der Waals surface area contributed by atoms with Gasteiger partial charge in [-0.05, 0) is 43.3 Å². The average Bonchev–Trinajstić information content (AvgIpc) is 3.10. The average molecular weight is 396 g/mol. The van der Waals surface area contributed by atoms with E-state index in [9.17, 15) is 8.42 Å². The highest BCUT2D eigenvalue weighted by atomic mass is 32.2. The first-order chi connectivity index (χ1) is 12.5. The number of hydrogen-bond acceptors (Lipinski definition) is 6. The highest BCUT2D eigenvalue weighted by Crippen LogP contribution is 2.21. The molecule has 2 heterocycles. The van der Waals surface area contributed by atoms with Crippen molar-refractivity contribution in [2.75, 3.05) is 51.3 Å². The minimum absolute atomic E-state index is 0.388. The Labute approximate surface area is 159 Å². The van der Waals surface area contributed by atoms with Crippen LogP contribution in [0.4, 0.5) is 5.69 Å². The standard InChI is InChI=1S/C18H25N3O3S2/c1-15-3-8-18(25-15)26(22,23)19-9-10-20-11-13-21(14-12-20)16-4-6-17(24-2)7-5-16/h3-8,19H,9-14H2,1-2H3. The topological polar surface area (TPSA) is 61.9 Å². The van der Waals surface area contributed by atoms with Crippen LogP contribution in [0.1, 0.15) is 4.88 Å². The van der Waals surface area contributed by atoms with Crippen LogP contribution >= 0.6 is 11.3 Å². The Morgan fingerprint density at radius 2 is 1.77 bits per heavy atom. The summed E-state index contributed by atoms with van der Waals surface area (Å²) < 4.78 is 32.8. The van der Waals surface area contributed by atoms with Gasteiger partial charge in [0.25, 0.3) is 0 Å². The number of rotatable bonds is 7. The van der Waals surface area contributed by atoms with E-state index in [1.807, 2.05) is 25.1 Å². The van der Waals surface area contributed by atoms with E-state index in [2.05, 4.69) is 26.7 Å². The van der Waals surface area contributed by atoms with Crippen LogP contribution in [0.15, 0.2) is 40.6 Å². The lowest BCUT2D eigenvalue weighted by Crippen LogP contribution is -2.48. The van der Waals surface area contributed by atoms with Crippen LogP contribution in [0.3, 0.4) is 0 Å². The Bertz CT molecular complexity index is 810. The van der Waals surface area contributed by atoms with E-state index < -0.39 is 10.0 Å². The summed E-state index contributed by atoms with van der Waals surface area (Å²) in [7, 11) is -1.71. The molecule has 0 unspecified atom stereocenters. The maximum atomic E-state index is 12.2. The lowest BCUT2D eigenvalue weighted by atomic mass is 10.2. The largest absolute Gasteiger partial charge is 0.497 e. The van der Waals surface area contributed by atoms with Gasteiger partial charge in [0.1, 0.15) is 9.96 Å². The van der Waals surface area contributed by atoms with Gasteiger partial charge in [-0.3, -0.25) is 4.90 Å². The van der Waals surface area contributed by atoms with E-state index in [1.54, 1.807) is 13.2 Å².